The molecule has 0 aliphatic rings. The molecule has 0 spiro atoms. The third-order valence-corrected chi connectivity index (χ3v) is 13.3. The van der Waals surface area contributed by atoms with Gasteiger partial charge in [-0.1, -0.05) is 152 Å². The van der Waals surface area contributed by atoms with Crippen molar-refractivity contribution in [1.82, 2.24) is 24.1 Å². The highest BCUT2D eigenvalue weighted by molar-refractivity contribution is 6.15. The highest BCUT2D eigenvalue weighted by Gasteiger charge is 2.20. The number of fused-ring (bicyclic) bond motifs is 9. The van der Waals surface area contributed by atoms with Gasteiger partial charge < -0.3 is 13.6 Å². The minimum atomic E-state index is -0.438. The minimum absolute atomic E-state index is 0.0923. The molecule has 0 saturated carbocycles. The van der Waals surface area contributed by atoms with Crippen molar-refractivity contribution in [2.45, 2.75) is 0 Å². The average Bonchev–Trinajstić information content (AvgIpc) is 4.13. The molecule has 0 radical (unpaired) electrons. The summed E-state index contributed by atoms with van der Waals surface area (Å²) in [6.45, 7) is 0. The molecule has 4 aromatic heterocycles. The fraction of sp³-hybridized carbons (Fsp3) is 0. The monoisotopic (exact) mass is 886 g/mol. The topological polar surface area (TPSA) is 61.7 Å². The predicted molar refractivity (Wildman–Crippen MR) is 283 cm³/mol. The highest BCUT2D eigenvalue weighted by Crippen LogP contribution is 2.42. The fourth-order valence-electron chi connectivity index (χ4n) is 10.1. The molecule has 0 unspecified atom stereocenters. The molecule has 69 heavy (non-hydrogen) atoms. The van der Waals surface area contributed by atoms with Crippen molar-refractivity contribution in [1.29, 1.82) is 0 Å². The smallest absolute Gasteiger partial charge is 0.164 e. The van der Waals surface area contributed by atoms with Crippen LogP contribution in [-0.2, 0) is 0 Å². The van der Waals surface area contributed by atoms with Gasteiger partial charge in [0.2, 0.25) is 0 Å². The van der Waals surface area contributed by atoms with E-state index in [-0.39, 0.29) is 17.8 Å². The van der Waals surface area contributed by atoms with Gasteiger partial charge in [-0.15, -0.1) is 0 Å². The van der Waals surface area contributed by atoms with E-state index in [1.54, 1.807) is 0 Å². The second-order valence-electron chi connectivity index (χ2n) is 17.2. The molecule has 14 rings (SSSR count). The summed E-state index contributed by atoms with van der Waals surface area (Å²) in [5, 5.41) is 5.77. The molecule has 0 aliphatic carbocycles. The van der Waals surface area contributed by atoms with Gasteiger partial charge in [0, 0.05) is 60.4 Å². The third kappa shape index (κ3) is 6.38. The molecule has 0 atom stereocenters. The summed E-state index contributed by atoms with van der Waals surface area (Å²) in [5.74, 6) is 1.65. The molecular weight excluding hydrogens is 843 g/mol. The zero-order valence-corrected chi connectivity index (χ0v) is 36.8. The average molecular weight is 887 g/mol. The Kier molecular flexibility index (Phi) is 7.69. The van der Waals surface area contributed by atoms with Crippen molar-refractivity contribution in [2.24, 2.45) is 0 Å². The van der Waals surface area contributed by atoms with Crippen LogP contribution < -0.4 is 0 Å². The van der Waals surface area contributed by atoms with Gasteiger partial charge in [0.05, 0.1) is 28.9 Å². The Morgan fingerprint density at radius 2 is 0.812 bits per heavy atom. The van der Waals surface area contributed by atoms with E-state index in [0.717, 1.165) is 88.0 Å². The Bertz CT molecular complexity index is 4520. The first-order chi connectivity index (χ1) is 36.3. The highest BCUT2D eigenvalue weighted by atomic mass is 16.3. The van der Waals surface area contributed by atoms with Crippen LogP contribution in [-0.4, -0.2) is 24.1 Å². The van der Waals surface area contributed by atoms with Crippen LogP contribution in [0.25, 0.3) is 133 Å². The number of nitrogens with zero attached hydrogens (tertiary/aromatic N) is 5. The van der Waals surface area contributed by atoms with Crippen LogP contribution in [0.5, 0.6) is 0 Å². The second-order valence-corrected chi connectivity index (χ2v) is 17.2. The standard InChI is InChI=1S/C63H39N5O/c1-5-16-40(17-6-1)61-64-62(41-18-7-2-8-19-41)66-63(65-61)49-25-15-27-59-60(49)53-39-45(31-35-58(53)69-59)44-30-34-57-52(38-44)51-37-43(29-33-56(51)68(57)47-22-11-4-12-23-47)42-28-32-55-50(36-42)48-24-13-14-26-54(48)67(55)46-20-9-3-10-21-46/h1-39H/i4D,11D,12D,22D,23D. The number of para-hydroxylation sites is 3. The van der Waals surface area contributed by atoms with E-state index in [9.17, 15) is 0 Å². The molecule has 10 aromatic carbocycles. The first kappa shape index (κ1) is 34.0. The zero-order valence-electron chi connectivity index (χ0n) is 41.8. The molecule has 6 nitrogen and oxygen atoms in total. The Morgan fingerprint density at radius 1 is 0.333 bits per heavy atom. The van der Waals surface area contributed by atoms with Gasteiger partial charge in [-0.25, -0.2) is 15.0 Å². The molecule has 0 amide bonds. The van der Waals surface area contributed by atoms with E-state index in [1.165, 1.54) is 0 Å². The Morgan fingerprint density at radius 3 is 1.42 bits per heavy atom. The maximum absolute atomic E-state index is 9.12. The molecule has 322 valence electrons. The molecule has 0 N–H and O–H groups in total. The summed E-state index contributed by atoms with van der Waals surface area (Å²) < 4.78 is 54.7. The van der Waals surface area contributed by atoms with Crippen LogP contribution in [0.4, 0.5) is 0 Å². The van der Waals surface area contributed by atoms with E-state index in [4.69, 9.17) is 26.2 Å². The maximum Gasteiger partial charge on any atom is 0.164 e. The number of furan rings is 1. The van der Waals surface area contributed by atoms with Gasteiger partial charge >= 0.3 is 0 Å². The zero-order chi connectivity index (χ0) is 49.8. The number of rotatable bonds is 7. The fourth-order valence-corrected chi connectivity index (χ4v) is 10.1. The van der Waals surface area contributed by atoms with Crippen LogP contribution in [0, 0.1) is 0 Å². The lowest BCUT2D eigenvalue weighted by Gasteiger charge is -2.09. The van der Waals surface area contributed by atoms with E-state index in [1.807, 2.05) is 114 Å². The summed E-state index contributed by atoms with van der Waals surface area (Å²) in [5.41, 5.74) is 12.6. The number of hydrogen-bond donors (Lipinski definition) is 0. The summed E-state index contributed by atoms with van der Waals surface area (Å²) in [7, 11) is 0. The van der Waals surface area contributed by atoms with Crippen LogP contribution >= 0.6 is 0 Å². The number of aromatic nitrogens is 5. The van der Waals surface area contributed by atoms with Gasteiger partial charge in [-0.05, 0) is 107 Å². The Hall–Kier alpha value is -9.39. The first-order valence-corrected chi connectivity index (χ1v) is 22.8. The van der Waals surface area contributed by atoms with Gasteiger partial charge in [-0.3, -0.25) is 0 Å². The van der Waals surface area contributed by atoms with Gasteiger partial charge in [-0.2, -0.15) is 0 Å². The summed E-state index contributed by atoms with van der Waals surface area (Å²) in [4.78, 5) is 15.1. The van der Waals surface area contributed by atoms with Crippen molar-refractivity contribution >= 4 is 65.6 Å². The first-order valence-electron chi connectivity index (χ1n) is 25.3. The van der Waals surface area contributed by atoms with Crippen LogP contribution in [0.1, 0.15) is 6.85 Å². The summed E-state index contributed by atoms with van der Waals surface area (Å²) in [6, 6.07) is 68.0. The lowest BCUT2D eigenvalue weighted by atomic mass is 9.98. The number of benzene rings is 10. The largest absolute Gasteiger partial charge is 0.456 e. The molecule has 6 heteroatoms. The second kappa shape index (κ2) is 15.6. The maximum atomic E-state index is 9.12. The molecule has 0 aliphatic heterocycles. The SMILES string of the molecule is [2H]c1c([2H])c([2H])c(-n2c3ccc(-c4ccc5oc6cccc(-c7nc(-c8ccccc8)nc(-c8ccccc8)n7)c6c5c4)cc3c3cc(-c4ccc5c(c4)c4ccccc4n5-c4ccccc4)ccc32)c([2H])c1[2H]. The van der Waals surface area contributed by atoms with Crippen LogP contribution in [0.2, 0.25) is 0 Å². The van der Waals surface area contributed by atoms with Crippen molar-refractivity contribution in [2.75, 3.05) is 0 Å². The van der Waals surface area contributed by atoms with E-state index >= 15 is 0 Å². The molecular formula is C63H39N5O. The Labute approximate surface area is 403 Å². The minimum Gasteiger partial charge on any atom is -0.456 e. The van der Waals surface area contributed by atoms with Gasteiger partial charge in [0.25, 0.3) is 0 Å². The van der Waals surface area contributed by atoms with E-state index in [0.29, 0.717) is 39.7 Å². The van der Waals surface area contributed by atoms with Crippen molar-refractivity contribution in [3.05, 3.63) is 236 Å². The lowest BCUT2D eigenvalue weighted by Crippen LogP contribution is -2.00. The molecule has 0 bridgehead atoms. The van der Waals surface area contributed by atoms with E-state index in [2.05, 4.69) is 102 Å². The Balaban J connectivity index is 0.961. The van der Waals surface area contributed by atoms with Crippen molar-refractivity contribution < 1.29 is 11.3 Å². The normalized spacial score (nSPS) is 12.8. The van der Waals surface area contributed by atoms with Crippen LogP contribution in [0.15, 0.2) is 241 Å². The third-order valence-electron chi connectivity index (χ3n) is 13.3. The summed E-state index contributed by atoms with van der Waals surface area (Å²) in [6.07, 6.45) is 0. The molecule has 0 fully saturated rings. The lowest BCUT2D eigenvalue weighted by molar-refractivity contribution is 0.669. The summed E-state index contributed by atoms with van der Waals surface area (Å²) >= 11 is 0. The van der Waals surface area contributed by atoms with E-state index < -0.39 is 18.1 Å². The van der Waals surface area contributed by atoms with Crippen LogP contribution in [0.3, 0.4) is 0 Å². The molecule has 0 saturated heterocycles. The van der Waals surface area contributed by atoms with Gasteiger partial charge in [0.1, 0.15) is 11.2 Å². The van der Waals surface area contributed by atoms with Gasteiger partial charge in [0.15, 0.2) is 17.5 Å². The van der Waals surface area contributed by atoms with Crippen molar-refractivity contribution in [3.63, 3.8) is 0 Å². The molecule has 4 heterocycles. The molecule has 14 aromatic rings. The quantitative estimate of drug-likeness (QED) is 0.160. The van der Waals surface area contributed by atoms with Crippen molar-refractivity contribution in [3.8, 4) is 67.8 Å². The number of hydrogen-bond acceptors (Lipinski definition) is 4. The predicted octanol–water partition coefficient (Wildman–Crippen LogP) is 16.3.